The second-order valence-electron chi connectivity index (χ2n) is 5.79. The molecule has 144 valence electrons. The third kappa shape index (κ3) is 4.59. The minimum Gasteiger partial charge on any atom is -0.495 e. The van der Waals surface area contributed by atoms with E-state index in [4.69, 9.17) is 4.74 Å². The Hall–Kier alpha value is -3.55. The molecule has 5 nitrogen and oxygen atoms in total. The fourth-order valence-corrected chi connectivity index (χ4v) is 2.47. The highest BCUT2D eigenvalue weighted by atomic mass is 19.4. The quantitative estimate of drug-likeness (QED) is 0.639. The van der Waals surface area contributed by atoms with Crippen molar-refractivity contribution in [2.24, 2.45) is 0 Å². The number of para-hydroxylation sites is 2. The summed E-state index contributed by atoms with van der Waals surface area (Å²) in [5.41, 5.74) is 0.628. The Morgan fingerprint density at radius 3 is 2.46 bits per heavy atom. The molecule has 28 heavy (non-hydrogen) atoms. The van der Waals surface area contributed by atoms with Crippen molar-refractivity contribution in [3.05, 3.63) is 78.1 Å². The second kappa shape index (κ2) is 7.99. The molecular weight excluding hydrogens is 371 g/mol. The number of carbonyl (C=O) groups excluding carboxylic acids is 1. The number of alkyl halides is 3. The Bertz CT molecular complexity index is 973. The van der Waals surface area contributed by atoms with E-state index >= 15 is 0 Å². The predicted molar refractivity (Wildman–Crippen MR) is 99.9 cm³/mol. The van der Waals surface area contributed by atoms with E-state index in [0.29, 0.717) is 11.4 Å². The first kappa shape index (κ1) is 19.2. The summed E-state index contributed by atoms with van der Waals surface area (Å²) in [6.45, 7) is 0. The number of halogens is 3. The number of hydrogen-bond acceptors (Lipinski definition) is 4. The first-order chi connectivity index (χ1) is 13.4. The summed E-state index contributed by atoms with van der Waals surface area (Å²) in [5, 5.41) is 5.54. The average molecular weight is 387 g/mol. The summed E-state index contributed by atoms with van der Waals surface area (Å²) in [5.74, 6) is 0.0389. The Kier molecular flexibility index (Phi) is 5.49. The number of amides is 1. The van der Waals surface area contributed by atoms with Gasteiger partial charge in [-0.2, -0.15) is 13.2 Å². The zero-order valence-electron chi connectivity index (χ0n) is 14.7. The van der Waals surface area contributed by atoms with Crippen LogP contribution in [-0.2, 0) is 6.18 Å². The minimum atomic E-state index is -4.48. The van der Waals surface area contributed by atoms with Gasteiger partial charge in [0.05, 0.1) is 30.2 Å². The summed E-state index contributed by atoms with van der Waals surface area (Å²) in [6, 6.07) is 14.8. The Morgan fingerprint density at radius 2 is 1.79 bits per heavy atom. The zero-order valence-corrected chi connectivity index (χ0v) is 14.7. The van der Waals surface area contributed by atoms with Crippen molar-refractivity contribution in [3.8, 4) is 5.75 Å². The van der Waals surface area contributed by atoms with E-state index in [-0.39, 0.29) is 11.4 Å². The van der Waals surface area contributed by atoms with Crippen molar-refractivity contribution in [2.75, 3.05) is 17.7 Å². The van der Waals surface area contributed by atoms with Crippen molar-refractivity contribution in [3.63, 3.8) is 0 Å². The number of hydrogen-bond donors (Lipinski definition) is 2. The van der Waals surface area contributed by atoms with Gasteiger partial charge in [0.1, 0.15) is 11.4 Å². The number of carbonyl (C=O) groups is 1. The van der Waals surface area contributed by atoms with Crippen LogP contribution < -0.4 is 15.4 Å². The molecule has 3 aromatic rings. The molecule has 0 aliphatic carbocycles. The molecule has 0 fully saturated rings. The molecule has 1 amide bonds. The van der Waals surface area contributed by atoms with Gasteiger partial charge in [0.2, 0.25) is 0 Å². The van der Waals surface area contributed by atoms with Gasteiger partial charge in [-0.15, -0.1) is 0 Å². The maximum absolute atomic E-state index is 12.8. The number of aromatic nitrogens is 1. The molecule has 1 aromatic heterocycles. The third-order valence-corrected chi connectivity index (χ3v) is 3.83. The summed E-state index contributed by atoms with van der Waals surface area (Å²) in [7, 11) is 1.56. The lowest BCUT2D eigenvalue weighted by atomic mass is 10.2. The van der Waals surface area contributed by atoms with Crippen LogP contribution in [0.3, 0.4) is 0 Å². The highest BCUT2D eigenvalue weighted by molar-refractivity contribution is 6.03. The largest absolute Gasteiger partial charge is 0.495 e. The Balaban J connectivity index is 1.70. The highest BCUT2D eigenvalue weighted by Gasteiger charge is 2.30. The van der Waals surface area contributed by atoms with Gasteiger partial charge < -0.3 is 15.4 Å². The number of nitrogens with one attached hydrogen (secondary N) is 2. The van der Waals surface area contributed by atoms with Gasteiger partial charge >= 0.3 is 6.18 Å². The number of nitrogens with zero attached hydrogens (tertiary/aromatic N) is 1. The molecule has 1 heterocycles. The second-order valence-corrected chi connectivity index (χ2v) is 5.79. The van der Waals surface area contributed by atoms with Crippen molar-refractivity contribution < 1.29 is 22.7 Å². The molecule has 2 aromatic carbocycles. The van der Waals surface area contributed by atoms with Crippen LogP contribution in [0, 0.1) is 0 Å². The van der Waals surface area contributed by atoms with E-state index in [2.05, 4.69) is 15.6 Å². The Labute approximate surface area is 159 Å². The van der Waals surface area contributed by atoms with E-state index in [1.54, 1.807) is 19.2 Å². The lowest BCUT2D eigenvalue weighted by molar-refractivity contribution is -0.137. The molecule has 2 N–H and O–H groups in total. The van der Waals surface area contributed by atoms with Crippen molar-refractivity contribution in [1.29, 1.82) is 0 Å². The van der Waals surface area contributed by atoms with E-state index < -0.39 is 17.6 Å². The predicted octanol–water partition coefficient (Wildman–Crippen LogP) is 5.10. The van der Waals surface area contributed by atoms with Gasteiger partial charge in [-0.05, 0) is 42.5 Å². The summed E-state index contributed by atoms with van der Waals surface area (Å²) in [6.07, 6.45) is -3.03. The molecule has 0 spiro atoms. The van der Waals surface area contributed by atoms with Crippen molar-refractivity contribution in [1.82, 2.24) is 4.98 Å². The topological polar surface area (TPSA) is 63.2 Å². The van der Waals surface area contributed by atoms with Gasteiger partial charge in [-0.1, -0.05) is 18.2 Å². The molecule has 0 atom stereocenters. The normalized spacial score (nSPS) is 11.0. The van der Waals surface area contributed by atoms with Gasteiger partial charge in [0.25, 0.3) is 5.91 Å². The molecule has 8 heteroatoms. The van der Waals surface area contributed by atoms with Crippen LogP contribution in [0.2, 0.25) is 0 Å². The van der Waals surface area contributed by atoms with Crippen molar-refractivity contribution >= 4 is 23.0 Å². The molecule has 0 aliphatic heterocycles. The maximum atomic E-state index is 12.8. The molecule has 0 radical (unpaired) electrons. The van der Waals surface area contributed by atoms with E-state index in [1.807, 2.05) is 18.2 Å². The average Bonchev–Trinajstić information content (AvgIpc) is 2.68. The molecule has 0 bridgehead atoms. The molecule has 0 unspecified atom stereocenters. The fraction of sp³-hybridized carbons (Fsp3) is 0.100. The standard InChI is InChI=1S/C20H16F3N3O2/c1-28-18-8-3-2-7-16(18)25-15-9-10-17(24-12-15)19(27)26-14-6-4-5-13(11-14)20(21,22)23/h2-12,25H,1H3,(H,26,27). The fourth-order valence-electron chi connectivity index (χ4n) is 2.47. The minimum absolute atomic E-state index is 0.0397. The smallest absolute Gasteiger partial charge is 0.416 e. The number of benzene rings is 2. The SMILES string of the molecule is COc1ccccc1Nc1ccc(C(=O)Nc2cccc(C(F)(F)F)c2)nc1. The summed E-state index contributed by atoms with van der Waals surface area (Å²) < 4.78 is 43.5. The monoisotopic (exact) mass is 387 g/mol. The van der Waals surface area contributed by atoms with Crippen LogP contribution in [0.4, 0.5) is 30.2 Å². The van der Waals surface area contributed by atoms with Gasteiger partial charge in [0, 0.05) is 5.69 Å². The summed E-state index contributed by atoms with van der Waals surface area (Å²) in [4.78, 5) is 16.3. The van der Waals surface area contributed by atoms with E-state index in [0.717, 1.165) is 17.8 Å². The van der Waals surface area contributed by atoms with Gasteiger partial charge in [-0.3, -0.25) is 4.79 Å². The molecule has 3 rings (SSSR count). The first-order valence-corrected chi connectivity index (χ1v) is 8.21. The number of anilines is 3. The van der Waals surface area contributed by atoms with Gasteiger partial charge in [0.15, 0.2) is 0 Å². The molecule has 0 aliphatic rings. The number of rotatable bonds is 5. The highest BCUT2D eigenvalue weighted by Crippen LogP contribution is 2.31. The number of methoxy groups -OCH3 is 1. The first-order valence-electron chi connectivity index (χ1n) is 8.21. The van der Waals surface area contributed by atoms with Crippen LogP contribution in [0.15, 0.2) is 66.9 Å². The van der Waals surface area contributed by atoms with Crippen LogP contribution in [0.25, 0.3) is 0 Å². The van der Waals surface area contributed by atoms with E-state index in [9.17, 15) is 18.0 Å². The van der Waals surface area contributed by atoms with Gasteiger partial charge in [-0.25, -0.2) is 4.98 Å². The molecule has 0 saturated carbocycles. The zero-order chi connectivity index (χ0) is 20.1. The lowest BCUT2D eigenvalue weighted by Crippen LogP contribution is -2.14. The van der Waals surface area contributed by atoms with Crippen LogP contribution in [-0.4, -0.2) is 18.0 Å². The summed E-state index contributed by atoms with van der Waals surface area (Å²) >= 11 is 0. The molecular formula is C20H16F3N3O2. The molecule has 0 saturated heterocycles. The van der Waals surface area contributed by atoms with Crippen LogP contribution in [0.5, 0.6) is 5.75 Å². The lowest BCUT2D eigenvalue weighted by Gasteiger charge is -2.11. The number of ether oxygens (including phenoxy) is 1. The van der Waals surface area contributed by atoms with Crippen LogP contribution in [0.1, 0.15) is 16.1 Å². The third-order valence-electron chi connectivity index (χ3n) is 3.83. The number of pyridine rings is 1. The van der Waals surface area contributed by atoms with E-state index in [1.165, 1.54) is 24.4 Å². The Morgan fingerprint density at radius 1 is 1.00 bits per heavy atom. The van der Waals surface area contributed by atoms with Crippen molar-refractivity contribution in [2.45, 2.75) is 6.18 Å². The maximum Gasteiger partial charge on any atom is 0.416 e. The van der Waals surface area contributed by atoms with Crippen LogP contribution >= 0.6 is 0 Å².